The third-order valence-electron chi connectivity index (χ3n) is 2.64. The molecule has 6 nitrogen and oxygen atoms in total. The van der Waals surface area contributed by atoms with Crippen LogP contribution in [0.3, 0.4) is 0 Å². The van der Waals surface area contributed by atoms with E-state index in [1.165, 1.54) is 12.1 Å². The zero-order valence-corrected chi connectivity index (χ0v) is 12.3. The Balaban J connectivity index is 3.05. The van der Waals surface area contributed by atoms with Gasteiger partial charge in [0.15, 0.2) is 0 Å². The average Bonchev–Trinajstić information content (AvgIpc) is 2.22. The molecule has 0 aromatic heterocycles. The van der Waals surface area contributed by atoms with Gasteiger partial charge < -0.3 is 11.1 Å². The van der Waals surface area contributed by atoms with Crippen LogP contribution < -0.4 is 15.8 Å². The Morgan fingerprint density at radius 1 is 1.26 bits per heavy atom. The number of rotatable bonds is 3. The number of carbonyl (C=O) groups is 1. The van der Waals surface area contributed by atoms with Crippen LogP contribution in [0.25, 0.3) is 0 Å². The predicted molar refractivity (Wildman–Crippen MR) is 74.3 cm³/mol. The summed E-state index contributed by atoms with van der Waals surface area (Å²) in [5.74, 6) is 0. The molecule has 0 bridgehead atoms. The molecule has 0 spiro atoms. The van der Waals surface area contributed by atoms with E-state index in [-0.39, 0.29) is 10.9 Å². The van der Waals surface area contributed by atoms with Gasteiger partial charge in [-0.25, -0.2) is 17.9 Å². The molecule has 1 rings (SSSR count). The monoisotopic (exact) mass is 285 g/mol. The molecule has 0 radical (unpaired) electrons. The summed E-state index contributed by atoms with van der Waals surface area (Å²) in [6.07, 6.45) is 0. The Bertz CT molecular complexity index is 571. The van der Waals surface area contributed by atoms with Crippen molar-refractivity contribution in [1.82, 2.24) is 10.0 Å². The number of urea groups is 1. The summed E-state index contributed by atoms with van der Waals surface area (Å²) in [6.45, 7) is 7.04. The van der Waals surface area contributed by atoms with Gasteiger partial charge in [-0.05, 0) is 51.0 Å². The SMILES string of the molecule is Cc1cc(S(=O)(=O)NC(=O)NC(C)C)cc(N)c1C. The molecule has 0 aliphatic carbocycles. The Morgan fingerprint density at radius 2 is 1.84 bits per heavy atom. The highest BCUT2D eigenvalue weighted by Gasteiger charge is 2.19. The number of hydrogen-bond acceptors (Lipinski definition) is 4. The summed E-state index contributed by atoms with van der Waals surface area (Å²) in [4.78, 5) is 11.4. The van der Waals surface area contributed by atoms with Crippen LogP contribution in [0.5, 0.6) is 0 Å². The topological polar surface area (TPSA) is 101 Å². The number of carbonyl (C=O) groups excluding carboxylic acids is 1. The van der Waals surface area contributed by atoms with Crippen molar-refractivity contribution in [2.45, 2.75) is 38.6 Å². The molecule has 0 unspecified atom stereocenters. The average molecular weight is 285 g/mol. The molecule has 0 aliphatic heterocycles. The number of sulfonamides is 1. The van der Waals surface area contributed by atoms with Crippen LogP contribution in [0, 0.1) is 13.8 Å². The summed E-state index contributed by atoms with van der Waals surface area (Å²) in [6, 6.07) is 1.91. The molecule has 0 fully saturated rings. The van der Waals surface area contributed by atoms with E-state index in [0.29, 0.717) is 5.69 Å². The van der Waals surface area contributed by atoms with Crippen molar-refractivity contribution in [2.75, 3.05) is 5.73 Å². The lowest BCUT2D eigenvalue weighted by Gasteiger charge is -2.12. The highest BCUT2D eigenvalue weighted by atomic mass is 32.2. The van der Waals surface area contributed by atoms with Gasteiger partial charge in [0, 0.05) is 11.7 Å². The van der Waals surface area contributed by atoms with Crippen molar-refractivity contribution >= 4 is 21.7 Å². The lowest BCUT2D eigenvalue weighted by molar-refractivity contribution is 0.243. The Hall–Kier alpha value is -1.76. The molecule has 2 amide bonds. The first-order valence-corrected chi connectivity index (χ1v) is 7.32. The van der Waals surface area contributed by atoms with Crippen molar-refractivity contribution in [3.63, 3.8) is 0 Å². The third kappa shape index (κ3) is 3.85. The third-order valence-corrected chi connectivity index (χ3v) is 3.95. The van der Waals surface area contributed by atoms with Crippen LogP contribution in [0.15, 0.2) is 17.0 Å². The number of nitrogens with two attached hydrogens (primary N) is 1. The maximum absolute atomic E-state index is 12.0. The first kappa shape index (κ1) is 15.3. The highest BCUT2D eigenvalue weighted by molar-refractivity contribution is 7.90. The second kappa shape index (κ2) is 5.48. The standard InChI is InChI=1S/C12H19N3O3S/c1-7(2)14-12(16)15-19(17,18)10-5-8(3)9(4)11(13)6-10/h5-7H,13H2,1-4H3,(H2,14,15,16). The van der Waals surface area contributed by atoms with E-state index >= 15 is 0 Å². The summed E-state index contributed by atoms with van der Waals surface area (Å²) >= 11 is 0. The lowest BCUT2D eigenvalue weighted by atomic mass is 10.1. The Labute approximate surface area is 113 Å². The van der Waals surface area contributed by atoms with Crippen molar-refractivity contribution in [3.05, 3.63) is 23.3 Å². The van der Waals surface area contributed by atoms with E-state index in [1.54, 1.807) is 27.7 Å². The molecule has 0 aliphatic rings. The first-order valence-electron chi connectivity index (χ1n) is 5.83. The first-order chi connectivity index (χ1) is 8.63. The number of nitrogen functional groups attached to an aromatic ring is 1. The molecule has 0 atom stereocenters. The van der Waals surface area contributed by atoms with Gasteiger partial charge in [0.1, 0.15) is 0 Å². The van der Waals surface area contributed by atoms with Crippen LogP contribution in [-0.2, 0) is 10.0 Å². The molecular weight excluding hydrogens is 266 g/mol. The normalized spacial score (nSPS) is 11.4. The van der Waals surface area contributed by atoms with Gasteiger partial charge in [0.2, 0.25) is 0 Å². The summed E-state index contributed by atoms with van der Waals surface area (Å²) < 4.78 is 26.0. The highest BCUT2D eigenvalue weighted by Crippen LogP contribution is 2.21. The van der Waals surface area contributed by atoms with E-state index in [2.05, 4.69) is 5.32 Å². The quantitative estimate of drug-likeness (QED) is 0.728. The van der Waals surface area contributed by atoms with E-state index in [4.69, 9.17) is 5.73 Å². The molecule has 1 aromatic carbocycles. The second-order valence-corrected chi connectivity index (χ2v) is 6.37. The fraction of sp³-hybridized carbons (Fsp3) is 0.417. The summed E-state index contributed by atoms with van der Waals surface area (Å²) in [5, 5.41) is 2.45. The number of amides is 2. The second-order valence-electron chi connectivity index (χ2n) is 4.69. The molecule has 4 N–H and O–H groups in total. The van der Waals surface area contributed by atoms with Gasteiger partial charge in [-0.15, -0.1) is 0 Å². The maximum atomic E-state index is 12.0. The zero-order chi connectivity index (χ0) is 14.8. The van der Waals surface area contributed by atoms with Gasteiger partial charge in [0.05, 0.1) is 4.90 Å². The smallest absolute Gasteiger partial charge is 0.328 e. The van der Waals surface area contributed by atoms with Crippen molar-refractivity contribution < 1.29 is 13.2 Å². The zero-order valence-electron chi connectivity index (χ0n) is 11.4. The van der Waals surface area contributed by atoms with Crippen molar-refractivity contribution in [2.24, 2.45) is 0 Å². The van der Waals surface area contributed by atoms with E-state index in [9.17, 15) is 13.2 Å². The number of hydrogen-bond donors (Lipinski definition) is 3. The molecule has 1 aromatic rings. The minimum Gasteiger partial charge on any atom is -0.398 e. The van der Waals surface area contributed by atoms with E-state index < -0.39 is 16.1 Å². The van der Waals surface area contributed by atoms with E-state index in [0.717, 1.165) is 11.1 Å². The van der Waals surface area contributed by atoms with Crippen LogP contribution in [-0.4, -0.2) is 20.5 Å². The Morgan fingerprint density at radius 3 is 2.32 bits per heavy atom. The van der Waals surface area contributed by atoms with Crippen LogP contribution in [0.2, 0.25) is 0 Å². The maximum Gasteiger partial charge on any atom is 0.328 e. The van der Waals surface area contributed by atoms with Crippen LogP contribution in [0.4, 0.5) is 10.5 Å². The minimum absolute atomic E-state index is 0.0213. The predicted octanol–water partition coefficient (Wildman–Crippen LogP) is 1.28. The number of aryl methyl sites for hydroxylation is 1. The fourth-order valence-corrected chi connectivity index (χ4v) is 2.52. The number of benzene rings is 1. The lowest BCUT2D eigenvalue weighted by Crippen LogP contribution is -2.42. The van der Waals surface area contributed by atoms with Crippen LogP contribution in [0.1, 0.15) is 25.0 Å². The van der Waals surface area contributed by atoms with Gasteiger partial charge >= 0.3 is 6.03 Å². The largest absolute Gasteiger partial charge is 0.398 e. The summed E-state index contributed by atoms with van der Waals surface area (Å²) in [7, 11) is -3.91. The Kier molecular flexibility index (Phi) is 4.41. The van der Waals surface area contributed by atoms with Gasteiger partial charge in [-0.2, -0.15) is 0 Å². The van der Waals surface area contributed by atoms with Crippen molar-refractivity contribution in [1.29, 1.82) is 0 Å². The molecular formula is C12H19N3O3S. The molecule has 0 saturated heterocycles. The summed E-state index contributed by atoms with van der Waals surface area (Å²) in [5.41, 5.74) is 7.70. The number of nitrogens with one attached hydrogen (secondary N) is 2. The molecule has 19 heavy (non-hydrogen) atoms. The van der Waals surface area contributed by atoms with E-state index in [1.807, 2.05) is 4.72 Å². The number of anilines is 1. The van der Waals surface area contributed by atoms with Gasteiger partial charge in [-0.3, -0.25) is 0 Å². The molecule has 0 heterocycles. The van der Waals surface area contributed by atoms with Crippen LogP contribution >= 0.6 is 0 Å². The minimum atomic E-state index is -3.91. The molecule has 7 heteroatoms. The van der Waals surface area contributed by atoms with Crippen molar-refractivity contribution in [3.8, 4) is 0 Å². The molecule has 106 valence electrons. The van der Waals surface area contributed by atoms with Gasteiger partial charge in [-0.1, -0.05) is 0 Å². The molecule has 0 saturated carbocycles. The van der Waals surface area contributed by atoms with Gasteiger partial charge in [0.25, 0.3) is 10.0 Å². The fourth-order valence-electron chi connectivity index (χ4n) is 1.48.